The van der Waals surface area contributed by atoms with Crippen molar-refractivity contribution in [3.8, 4) is 0 Å². The van der Waals surface area contributed by atoms with E-state index in [4.69, 9.17) is 0 Å². The van der Waals surface area contributed by atoms with Crippen LogP contribution in [0.3, 0.4) is 0 Å². The van der Waals surface area contributed by atoms with Crippen LogP contribution in [0.25, 0.3) is 0 Å². The van der Waals surface area contributed by atoms with Gasteiger partial charge in [0.25, 0.3) is 0 Å². The van der Waals surface area contributed by atoms with Crippen LogP contribution in [0.5, 0.6) is 0 Å². The first-order valence-electron chi connectivity index (χ1n) is 4.61. The maximum absolute atomic E-state index is 11.2. The Bertz CT molecular complexity index is 193. The van der Waals surface area contributed by atoms with E-state index in [1.54, 1.807) is 24.8 Å². The van der Waals surface area contributed by atoms with Crippen LogP contribution in [0.4, 0.5) is 0 Å². The molecule has 3 nitrogen and oxygen atoms in total. The number of aliphatic hydroxyl groups is 1. The third-order valence-electron chi connectivity index (χ3n) is 1.70. The van der Waals surface area contributed by atoms with Crippen LogP contribution < -0.4 is 5.32 Å². The van der Waals surface area contributed by atoms with Crippen molar-refractivity contribution in [3.63, 3.8) is 0 Å². The molecule has 82 valence electrons. The van der Waals surface area contributed by atoms with Crippen LogP contribution >= 0.6 is 11.8 Å². The van der Waals surface area contributed by atoms with Crippen LogP contribution in [-0.4, -0.2) is 35.2 Å². The predicted octanol–water partition coefficient (Wildman–Crippen LogP) is 1.18. The summed E-state index contributed by atoms with van der Waals surface area (Å²) in [6.07, 6.45) is 4.75. The molecule has 0 aliphatic rings. The van der Waals surface area contributed by atoms with E-state index in [0.717, 1.165) is 0 Å². The molecule has 0 aromatic carbocycles. The summed E-state index contributed by atoms with van der Waals surface area (Å²) in [6, 6.07) is 0. The minimum atomic E-state index is -0.816. The molecule has 0 saturated heterocycles. The Balaban J connectivity index is 3.69. The van der Waals surface area contributed by atoms with Crippen molar-refractivity contribution in [2.75, 3.05) is 18.6 Å². The van der Waals surface area contributed by atoms with Gasteiger partial charge in [-0.1, -0.05) is 6.08 Å². The van der Waals surface area contributed by atoms with Gasteiger partial charge in [-0.15, -0.1) is 6.58 Å². The van der Waals surface area contributed by atoms with Crippen molar-refractivity contribution in [2.45, 2.75) is 25.4 Å². The Morgan fingerprint density at radius 1 is 1.71 bits per heavy atom. The van der Waals surface area contributed by atoms with Gasteiger partial charge in [0.2, 0.25) is 5.91 Å². The first kappa shape index (κ1) is 13.5. The summed E-state index contributed by atoms with van der Waals surface area (Å²) >= 11 is 1.56. The van der Waals surface area contributed by atoms with Gasteiger partial charge in [0.05, 0.1) is 5.60 Å². The van der Waals surface area contributed by atoms with Crippen molar-refractivity contribution in [3.05, 3.63) is 12.7 Å². The zero-order valence-electron chi connectivity index (χ0n) is 8.88. The van der Waals surface area contributed by atoms with Gasteiger partial charge in [-0.25, -0.2) is 0 Å². The predicted molar refractivity (Wildman–Crippen MR) is 61.4 cm³/mol. The monoisotopic (exact) mass is 217 g/mol. The van der Waals surface area contributed by atoms with Gasteiger partial charge in [-0.3, -0.25) is 4.79 Å². The van der Waals surface area contributed by atoms with Gasteiger partial charge in [0.1, 0.15) is 0 Å². The van der Waals surface area contributed by atoms with Crippen LogP contribution in [-0.2, 0) is 4.79 Å². The Morgan fingerprint density at radius 3 is 2.86 bits per heavy atom. The quantitative estimate of drug-likeness (QED) is 0.630. The molecule has 2 N–H and O–H groups in total. The lowest BCUT2D eigenvalue weighted by atomic mass is 10.1. The lowest BCUT2D eigenvalue weighted by Gasteiger charge is -2.22. The zero-order valence-corrected chi connectivity index (χ0v) is 9.69. The number of rotatable bonds is 7. The summed E-state index contributed by atoms with van der Waals surface area (Å²) in [4.78, 5) is 11.2. The van der Waals surface area contributed by atoms with Crippen LogP contribution in [0, 0.1) is 0 Å². The first-order chi connectivity index (χ1) is 6.52. The molecular formula is C10H19NO2S. The maximum Gasteiger partial charge on any atom is 0.220 e. The number of carbonyl (C=O) groups excluding carboxylic acids is 1. The number of nitrogens with one attached hydrogen (secondary N) is 1. The van der Waals surface area contributed by atoms with Crippen molar-refractivity contribution in [1.82, 2.24) is 5.32 Å². The summed E-state index contributed by atoms with van der Waals surface area (Å²) in [5, 5.41) is 12.4. The molecule has 0 rings (SSSR count). The third-order valence-corrected chi connectivity index (χ3v) is 2.61. The Morgan fingerprint density at radius 2 is 2.36 bits per heavy atom. The van der Waals surface area contributed by atoms with E-state index in [0.29, 0.717) is 25.1 Å². The van der Waals surface area contributed by atoms with Gasteiger partial charge >= 0.3 is 0 Å². The van der Waals surface area contributed by atoms with Gasteiger partial charge in [0, 0.05) is 18.7 Å². The minimum Gasteiger partial charge on any atom is -0.387 e. The highest BCUT2D eigenvalue weighted by Gasteiger charge is 2.19. The highest BCUT2D eigenvalue weighted by Crippen LogP contribution is 2.08. The van der Waals surface area contributed by atoms with Crippen molar-refractivity contribution in [1.29, 1.82) is 0 Å². The number of amides is 1. The molecule has 4 heteroatoms. The maximum atomic E-state index is 11.2. The van der Waals surface area contributed by atoms with E-state index >= 15 is 0 Å². The van der Waals surface area contributed by atoms with E-state index in [-0.39, 0.29) is 5.91 Å². The number of hydrogen-bond acceptors (Lipinski definition) is 3. The molecule has 0 unspecified atom stereocenters. The zero-order chi connectivity index (χ0) is 11.0. The second kappa shape index (κ2) is 6.90. The molecule has 0 aromatic heterocycles. The fourth-order valence-electron chi connectivity index (χ4n) is 0.973. The lowest BCUT2D eigenvalue weighted by molar-refractivity contribution is -0.122. The Labute approximate surface area is 90.0 Å². The fourth-order valence-corrected chi connectivity index (χ4v) is 1.70. The molecule has 0 radical (unpaired) electrons. The molecule has 0 aliphatic carbocycles. The Hall–Kier alpha value is -0.480. The SMILES string of the molecule is C=CCCC(=O)NC[C@@](C)(O)CSC. The smallest absolute Gasteiger partial charge is 0.220 e. The fraction of sp³-hybridized carbons (Fsp3) is 0.700. The van der Waals surface area contributed by atoms with Crippen molar-refractivity contribution < 1.29 is 9.90 Å². The minimum absolute atomic E-state index is 0.0359. The molecule has 0 spiro atoms. The number of hydrogen-bond donors (Lipinski definition) is 2. The average Bonchev–Trinajstić information content (AvgIpc) is 2.11. The normalized spacial score (nSPS) is 14.5. The molecule has 1 atom stereocenters. The van der Waals surface area contributed by atoms with E-state index in [9.17, 15) is 9.90 Å². The van der Waals surface area contributed by atoms with E-state index in [2.05, 4.69) is 11.9 Å². The van der Waals surface area contributed by atoms with Crippen molar-refractivity contribution >= 4 is 17.7 Å². The molecule has 0 aliphatic heterocycles. The first-order valence-corrected chi connectivity index (χ1v) is 6.00. The second-order valence-electron chi connectivity index (χ2n) is 3.53. The number of thioether (sulfide) groups is 1. The molecule has 14 heavy (non-hydrogen) atoms. The van der Waals surface area contributed by atoms with Crippen LogP contribution in [0.1, 0.15) is 19.8 Å². The second-order valence-corrected chi connectivity index (χ2v) is 4.40. The standard InChI is InChI=1S/C10H19NO2S/c1-4-5-6-9(12)11-7-10(2,13)8-14-3/h4,13H,1,5-8H2,2-3H3,(H,11,12)/t10-/m1/s1. The third kappa shape index (κ3) is 6.97. The molecule has 1 amide bonds. The van der Waals surface area contributed by atoms with Gasteiger partial charge in [-0.2, -0.15) is 11.8 Å². The molecule has 0 saturated carbocycles. The average molecular weight is 217 g/mol. The number of carbonyl (C=O) groups is 1. The van der Waals surface area contributed by atoms with E-state index in [1.807, 2.05) is 6.26 Å². The van der Waals surface area contributed by atoms with E-state index < -0.39 is 5.60 Å². The van der Waals surface area contributed by atoms with Gasteiger partial charge in [0.15, 0.2) is 0 Å². The molecule has 0 fully saturated rings. The highest BCUT2D eigenvalue weighted by molar-refractivity contribution is 7.98. The van der Waals surface area contributed by atoms with E-state index in [1.165, 1.54) is 0 Å². The Kier molecular flexibility index (Phi) is 6.66. The van der Waals surface area contributed by atoms with Gasteiger partial charge < -0.3 is 10.4 Å². The molecule has 0 aromatic rings. The summed E-state index contributed by atoms with van der Waals surface area (Å²) in [5.74, 6) is 0.584. The summed E-state index contributed by atoms with van der Waals surface area (Å²) < 4.78 is 0. The molecule has 0 heterocycles. The van der Waals surface area contributed by atoms with Crippen molar-refractivity contribution in [2.24, 2.45) is 0 Å². The van der Waals surface area contributed by atoms with Crippen LogP contribution in [0.2, 0.25) is 0 Å². The summed E-state index contributed by atoms with van der Waals surface area (Å²) in [7, 11) is 0. The number of allylic oxidation sites excluding steroid dienone is 1. The largest absolute Gasteiger partial charge is 0.387 e. The highest BCUT2D eigenvalue weighted by atomic mass is 32.2. The molecule has 0 bridgehead atoms. The lowest BCUT2D eigenvalue weighted by Crippen LogP contribution is -2.42. The topological polar surface area (TPSA) is 49.3 Å². The summed E-state index contributed by atoms with van der Waals surface area (Å²) in [5.41, 5.74) is -0.816. The van der Waals surface area contributed by atoms with Crippen LogP contribution in [0.15, 0.2) is 12.7 Å². The summed E-state index contributed by atoms with van der Waals surface area (Å²) in [6.45, 7) is 5.57. The molecular weight excluding hydrogens is 198 g/mol. The van der Waals surface area contributed by atoms with Gasteiger partial charge in [-0.05, 0) is 19.6 Å².